The van der Waals surface area contributed by atoms with Crippen LogP contribution >= 0.6 is 11.6 Å². The summed E-state index contributed by atoms with van der Waals surface area (Å²) < 4.78 is 64.1. The van der Waals surface area contributed by atoms with Crippen molar-refractivity contribution in [2.75, 3.05) is 26.9 Å². The summed E-state index contributed by atoms with van der Waals surface area (Å²) in [6, 6.07) is 41.0. The lowest BCUT2D eigenvalue weighted by molar-refractivity contribution is -0.417. The molecule has 1 heterocycles. The Labute approximate surface area is 325 Å². The lowest BCUT2D eigenvalue weighted by atomic mass is 9.80. The van der Waals surface area contributed by atoms with Gasteiger partial charge >= 0.3 is 0 Å². The quantitative estimate of drug-likeness (QED) is 0.0929. The van der Waals surface area contributed by atoms with Crippen molar-refractivity contribution in [3.05, 3.63) is 172 Å². The van der Waals surface area contributed by atoms with Crippen LogP contribution in [0.3, 0.4) is 0 Å². The summed E-state index contributed by atoms with van der Waals surface area (Å²) in [5.41, 5.74) is 2.93. The fourth-order valence-electron chi connectivity index (χ4n) is 6.81. The zero-order chi connectivity index (χ0) is 38.7. The molecule has 8 nitrogen and oxygen atoms in total. The van der Waals surface area contributed by atoms with Gasteiger partial charge in [-0.05, 0) is 58.5 Å². The summed E-state index contributed by atoms with van der Waals surface area (Å²) in [7, 11) is 1.48. The van der Waals surface area contributed by atoms with E-state index in [2.05, 4.69) is 0 Å². The number of aliphatic hydroxyl groups is 2. The first-order chi connectivity index (χ1) is 26.8. The molecule has 5 aromatic carbocycles. The van der Waals surface area contributed by atoms with E-state index in [-0.39, 0.29) is 19.8 Å². The molecule has 0 spiro atoms. The Hall–Kier alpha value is -4.23. The van der Waals surface area contributed by atoms with Gasteiger partial charge in [-0.2, -0.15) is 0 Å². The van der Waals surface area contributed by atoms with Gasteiger partial charge in [0, 0.05) is 17.7 Å². The van der Waals surface area contributed by atoms with Crippen LogP contribution in [0.4, 0.5) is 8.78 Å². The van der Waals surface area contributed by atoms with Crippen LogP contribution in [0.25, 0.3) is 0 Å². The van der Waals surface area contributed by atoms with E-state index in [0.717, 1.165) is 22.3 Å². The average Bonchev–Trinajstić information content (AvgIpc) is 3.23. The van der Waals surface area contributed by atoms with Crippen LogP contribution in [0.2, 0.25) is 5.02 Å². The molecule has 0 radical (unpaired) electrons. The van der Waals surface area contributed by atoms with Crippen LogP contribution in [0.15, 0.2) is 133 Å². The first-order valence-electron chi connectivity index (χ1n) is 18.0. The van der Waals surface area contributed by atoms with E-state index < -0.39 is 55.9 Å². The van der Waals surface area contributed by atoms with Crippen LogP contribution in [-0.2, 0) is 55.7 Å². The smallest absolute Gasteiger partial charge is 0.272 e. The number of methoxy groups -OCH3 is 1. The third-order valence-corrected chi connectivity index (χ3v) is 10.0. The molecular weight excluding hydrogens is 730 g/mol. The Balaban J connectivity index is 1.43. The molecule has 4 atom stereocenters. The summed E-state index contributed by atoms with van der Waals surface area (Å²) in [5, 5.41) is 22.8. The number of ether oxygens (including phenoxy) is 6. The molecule has 2 N–H and O–H groups in total. The van der Waals surface area contributed by atoms with E-state index in [4.69, 9.17) is 40.0 Å². The minimum Gasteiger partial charge on any atom is -0.488 e. The Morgan fingerprint density at radius 2 is 1.20 bits per heavy atom. The Morgan fingerprint density at radius 1 is 0.673 bits per heavy atom. The maximum Gasteiger partial charge on any atom is 0.272 e. The van der Waals surface area contributed by atoms with Crippen molar-refractivity contribution in [1.29, 1.82) is 0 Å². The van der Waals surface area contributed by atoms with Crippen LogP contribution < -0.4 is 4.74 Å². The topological polar surface area (TPSA) is 95.8 Å². The van der Waals surface area contributed by atoms with Gasteiger partial charge < -0.3 is 38.6 Å². The molecule has 1 aliphatic heterocycles. The molecule has 0 bridgehead atoms. The summed E-state index contributed by atoms with van der Waals surface area (Å²) in [5.74, 6) is -1.45. The normalized spacial score (nSPS) is 20.7. The molecule has 0 aliphatic carbocycles. The molecule has 0 amide bonds. The first kappa shape index (κ1) is 40.4. The Morgan fingerprint density at radius 3 is 1.71 bits per heavy atom. The van der Waals surface area contributed by atoms with Crippen molar-refractivity contribution in [3.63, 3.8) is 0 Å². The van der Waals surface area contributed by atoms with E-state index in [0.29, 0.717) is 28.3 Å². The van der Waals surface area contributed by atoms with Crippen LogP contribution in [0.1, 0.15) is 33.4 Å². The van der Waals surface area contributed by atoms with E-state index in [1.54, 1.807) is 36.4 Å². The number of hydrogen-bond acceptors (Lipinski definition) is 8. The highest BCUT2D eigenvalue weighted by atomic mass is 35.5. The zero-order valence-corrected chi connectivity index (χ0v) is 31.2. The SMILES string of the molecule is CO[C@@]1(c2ccc(Cl)c(Cc3ccc(OCC(F)F)cc3)c2)OC(CO)(CO)[C@@H](OCc2ccccc2)[C@H](OCc2ccccc2)C1OCc1ccccc1. The number of alkyl halides is 2. The minimum atomic E-state index is -2.58. The van der Waals surface area contributed by atoms with E-state index in [9.17, 15) is 19.0 Å². The second kappa shape index (κ2) is 19.1. The summed E-state index contributed by atoms with van der Waals surface area (Å²) in [4.78, 5) is 0. The van der Waals surface area contributed by atoms with Crippen molar-refractivity contribution in [1.82, 2.24) is 0 Å². The number of hydrogen-bond donors (Lipinski definition) is 2. The number of aliphatic hydroxyl groups excluding tert-OH is 2. The molecule has 55 heavy (non-hydrogen) atoms. The minimum absolute atomic E-state index is 0.129. The second-order valence-electron chi connectivity index (χ2n) is 13.4. The predicted molar refractivity (Wildman–Crippen MR) is 204 cm³/mol. The van der Waals surface area contributed by atoms with Crippen molar-refractivity contribution >= 4 is 11.6 Å². The molecule has 290 valence electrons. The first-order valence-corrected chi connectivity index (χ1v) is 18.4. The summed E-state index contributed by atoms with van der Waals surface area (Å²) in [6.07, 6.45) is -5.28. The average molecular weight is 775 g/mol. The highest BCUT2D eigenvalue weighted by Gasteiger charge is 2.64. The molecular formula is C44H45ClF2O8. The van der Waals surface area contributed by atoms with Gasteiger partial charge in [-0.3, -0.25) is 0 Å². The standard InChI is InChI=1S/C44H45ClF2O8/c1-50-44(36-19-22-38(45)35(24-36)23-31-17-20-37(21-18-31)51-28-39(46)47)42(54-27-34-15-9-4-10-16-34)40(52-25-32-11-5-2-6-12-32)41(43(29-48,30-49)55-44)53-26-33-13-7-3-8-14-33/h2-22,24,39-42,48-49H,23,25-30H2,1H3/t40-,41-,42?,44-/m0/s1. The van der Waals surface area contributed by atoms with Gasteiger partial charge in [0.25, 0.3) is 6.43 Å². The second-order valence-corrected chi connectivity index (χ2v) is 13.8. The van der Waals surface area contributed by atoms with Gasteiger partial charge in [-0.25, -0.2) is 8.78 Å². The fourth-order valence-corrected chi connectivity index (χ4v) is 6.99. The zero-order valence-electron chi connectivity index (χ0n) is 30.4. The van der Waals surface area contributed by atoms with Crippen molar-refractivity contribution in [2.45, 2.75) is 62.4 Å². The molecule has 11 heteroatoms. The monoisotopic (exact) mass is 774 g/mol. The summed E-state index contributed by atoms with van der Waals surface area (Å²) >= 11 is 6.80. The Kier molecular flexibility index (Phi) is 14.0. The van der Waals surface area contributed by atoms with Gasteiger partial charge in [-0.15, -0.1) is 0 Å². The Bertz CT molecular complexity index is 1900. The molecule has 5 aromatic rings. The highest BCUT2D eigenvalue weighted by Crippen LogP contribution is 2.48. The number of rotatable bonds is 18. The van der Waals surface area contributed by atoms with Gasteiger partial charge in [0.2, 0.25) is 5.79 Å². The van der Waals surface area contributed by atoms with Crippen LogP contribution in [-0.4, -0.2) is 67.5 Å². The lowest BCUT2D eigenvalue weighted by Gasteiger charge is -2.56. The van der Waals surface area contributed by atoms with E-state index in [1.807, 2.05) is 97.1 Å². The largest absolute Gasteiger partial charge is 0.488 e. The van der Waals surface area contributed by atoms with Gasteiger partial charge in [0.15, 0.2) is 0 Å². The summed E-state index contributed by atoms with van der Waals surface area (Å²) in [6.45, 7) is -1.57. The fraction of sp³-hybridized carbons (Fsp3) is 0.318. The third kappa shape index (κ3) is 9.78. The van der Waals surface area contributed by atoms with Gasteiger partial charge in [-0.1, -0.05) is 121 Å². The van der Waals surface area contributed by atoms with Crippen LogP contribution in [0.5, 0.6) is 5.75 Å². The number of halogens is 3. The molecule has 1 unspecified atom stereocenters. The van der Waals surface area contributed by atoms with E-state index in [1.165, 1.54) is 7.11 Å². The third-order valence-electron chi connectivity index (χ3n) is 9.66. The van der Waals surface area contributed by atoms with Gasteiger partial charge in [0.05, 0.1) is 33.0 Å². The van der Waals surface area contributed by atoms with Crippen LogP contribution in [0, 0.1) is 0 Å². The highest BCUT2D eigenvalue weighted by molar-refractivity contribution is 6.31. The van der Waals surface area contributed by atoms with Crippen molar-refractivity contribution in [2.24, 2.45) is 0 Å². The van der Waals surface area contributed by atoms with E-state index >= 15 is 0 Å². The predicted octanol–water partition coefficient (Wildman–Crippen LogP) is 7.88. The van der Waals surface area contributed by atoms with Crippen molar-refractivity contribution in [3.8, 4) is 5.75 Å². The molecule has 6 rings (SSSR count). The molecule has 0 aromatic heterocycles. The van der Waals surface area contributed by atoms with Gasteiger partial charge in [0.1, 0.15) is 36.3 Å². The molecule has 1 saturated heterocycles. The number of benzene rings is 5. The maximum absolute atomic E-state index is 12.7. The maximum atomic E-state index is 12.7. The molecule has 0 saturated carbocycles. The molecule has 1 aliphatic rings. The van der Waals surface area contributed by atoms with Crippen molar-refractivity contribution < 1.29 is 47.4 Å². The molecule has 1 fully saturated rings. The lowest BCUT2D eigenvalue weighted by Crippen LogP contribution is -2.72.